The highest BCUT2D eigenvalue weighted by Crippen LogP contribution is 2.18. The lowest BCUT2D eigenvalue weighted by Gasteiger charge is -2.06. The predicted molar refractivity (Wildman–Crippen MR) is 110 cm³/mol. The summed E-state index contributed by atoms with van der Waals surface area (Å²) in [6.07, 6.45) is 0. The number of aliphatic carboxylic acids is 1. The van der Waals surface area contributed by atoms with Crippen molar-refractivity contribution in [3.05, 3.63) is 90.5 Å². The molecule has 0 saturated heterocycles. The SMILES string of the molecule is CC(=O)[O-].CC(Oc1ccccc1)=[N+](N=Nc1ccccc1)c1ccc(C)cc1. The molecular weight excluding hydrogens is 366 g/mol. The minimum absolute atomic E-state index is 0.620. The van der Waals surface area contributed by atoms with E-state index < -0.39 is 5.97 Å². The van der Waals surface area contributed by atoms with Crippen LogP contribution < -0.4 is 9.84 Å². The number of carboxylic acids is 1. The van der Waals surface area contributed by atoms with Gasteiger partial charge in [-0.05, 0) is 50.2 Å². The molecule has 3 aromatic rings. The minimum atomic E-state index is -1.08. The lowest BCUT2D eigenvalue weighted by molar-refractivity contribution is -0.463. The van der Waals surface area contributed by atoms with Gasteiger partial charge in [-0.3, -0.25) is 0 Å². The Morgan fingerprint density at radius 2 is 1.38 bits per heavy atom. The van der Waals surface area contributed by atoms with Crippen LogP contribution in [0, 0.1) is 6.92 Å². The molecular formula is C23H23N3O3. The third-order valence-electron chi connectivity index (χ3n) is 3.59. The Bertz CT molecular complexity index is 963. The number of hydrogen-bond donors (Lipinski definition) is 0. The smallest absolute Gasteiger partial charge is 0.287 e. The number of ether oxygens (including phenoxy) is 1. The fraction of sp³-hybridized carbons (Fsp3) is 0.130. The van der Waals surface area contributed by atoms with E-state index in [4.69, 9.17) is 14.6 Å². The third kappa shape index (κ3) is 7.76. The van der Waals surface area contributed by atoms with E-state index in [0.717, 1.165) is 24.0 Å². The van der Waals surface area contributed by atoms with Crippen LogP contribution in [0.1, 0.15) is 19.4 Å². The van der Waals surface area contributed by atoms with E-state index in [0.29, 0.717) is 5.90 Å². The second-order valence-corrected chi connectivity index (χ2v) is 6.10. The van der Waals surface area contributed by atoms with Crippen molar-refractivity contribution in [3.8, 4) is 5.75 Å². The third-order valence-corrected chi connectivity index (χ3v) is 3.59. The zero-order chi connectivity index (χ0) is 21.1. The molecule has 0 bridgehead atoms. The highest BCUT2D eigenvalue weighted by atomic mass is 16.5. The summed E-state index contributed by atoms with van der Waals surface area (Å²) < 4.78 is 7.63. The maximum atomic E-state index is 8.89. The Balaban J connectivity index is 0.000000687. The topological polar surface area (TPSA) is 77.1 Å². The molecule has 29 heavy (non-hydrogen) atoms. The summed E-state index contributed by atoms with van der Waals surface area (Å²) in [7, 11) is 0. The molecule has 0 amide bonds. The van der Waals surface area contributed by atoms with Crippen molar-refractivity contribution in [3.63, 3.8) is 0 Å². The summed E-state index contributed by atoms with van der Waals surface area (Å²) in [6.45, 7) is 4.90. The number of benzene rings is 3. The highest BCUT2D eigenvalue weighted by molar-refractivity contribution is 5.72. The molecule has 0 spiro atoms. The molecule has 6 nitrogen and oxygen atoms in total. The number of carbonyl (C=O) groups excluding carboxylic acids is 1. The van der Waals surface area contributed by atoms with Gasteiger partial charge in [-0.25, -0.2) is 0 Å². The van der Waals surface area contributed by atoms with Crippen molar-refractivity contribution in [2.45, 2.75) is 20.8 Å². The molecule has 3 aromatic carbocycles. The quantitative estimate of drug-likeness (QED) is 0.215. The minimum Gasteiger partial charge on any atom is -0.550 e. The number of rotatable bonds is 4. The van der Waals surface area contributed by atoms with Gasteiger partial charge in [-0.2, -0.15) is 0 Å². The molecule has 0 unspecified atom stereocenters. The van der Waals surface area contributed by atoms with Gasteiger partial charge in [0.15, 0.2) is 5.69 Å². The van der Waals surface area contributed by atoms with Gasteiger partial charge in [0.1, 0.15) is 11.0 Å². The number of carbonyl (C=O) groups is 1. The molecule has 0 aliphatic carbocycles. The van der Waals surface area contributed by atoms with Gasteiger partial charge in [0.2, 0.25) is 5.69 Å². The van der Waals surface area contributed by atoms with Gasteiger partial charge < -0.3 is 14.6 Å². The number of aryl methyl sites for hydroxylation is 1. The number of hydrogen-bond acceptors (Lipinski definition) is 5. The summed E-state index contributed by atoms with van der Waals surface area (Å²) >= 11 is 0. The first kappa shape index (κ1) is 21.5. The number of para-hydroxylation sites is 1. The van der Waals surface area contributed by atoms with Crippen LogP contribution in [0.25, 0.3) is 0 Å². The van der Waals surface area contributed by atoms with Crippen molar-refractivity contribution < 1.29 is 19.3 Å². The van der Waals surface area contributed by atoms with E-state index >= 15 is 0 Å². The van der Waals surface area contributed by atoms with Gasteiger partial charge in [0.05, 0.1) is 5.11 Å². The molecule has 0 radical (unpaired) electrons. The molecule has 0 atom stereocenters. The lowest BCUT2D eigenvalue weighted by Crippen LogP contribution is -2.16. The summed E-state index contributed by atoms with van der Waals surface area (Å²) in [4.78, 5) is 8.89. The first-order valence-corrected chi connectivity index (χ1v) is 9.03. The molecule has 3 rings (SSSR count). The van der Waals surface area contributed by atoms with Gasteiger partial charge in [0, 0.05) is 12.9 Å². The van der Waals surface area contributed by atoms with Crippen LogP contribution in [0.15, 0.2) is 95.3 Å². The van der Waals surface area contributed by atoms with Crippen molar-refractivity contribution in [2.24, 2.45) is 10.3 Å². The van der Waals surface area contributed by atoms with Crippen LogP contribution in [-0.4, -0.2) is 16.6 Å². The van der Waals surface area contributed by atoms with Gasteiger partial charge in [-0.1, -0.05) is 58.8 Å². The molecule has 0 aliphatic rings. The van der Waals surface area contributed by atoms with Crippen molar-refractivity contribution in [1.82, 2.24) is 0 Å². The summed E-state index contributed by atoms with van der Waals surface area (Å²) in [5.74, 6) is 0.293. The van der Waals surface area contributed by atoms with Crippen LogP contribution in [-0.2, 0) is 4.79 Å². The Kier molecular flexibility index (Phi) is 8.26. The van der Waals surface area contributed by atoms with E-state index in [1.54, 1.807) is 4.68 Å². The normalized spacial score (nSPS) is 11.3. The van der Waals surface area contributed by atoms with Crippen LogP contribution in [0.3, 0.4) is 0 Å². The fourth-order valence-corrected chi connectivity index (χ4v) is 2.28. The fourth-order valence-electron chi connectivity index (χ4n) is 2.28. The summed E-state index contributed by atoms with van der Waals surface area (Å²) in [5, 5.41) is 17.6. The molecule has 0 heterocycles. The monoisotopic (exact) mass is 389 g/mol. The molecule has 0 aliphatic heterocycles. The maximum Gasteiger partial charge on any atom is 0.287 e. The Labute approximate surface area is 170 Å². The lowest BCUT2D eigenvalue weighted by atomic mass is 10.2. The highest BCUT2D eigenvalue weighted by Gasteiger charge is 2.13. The first-order valence-electron chi connectivity index (χ1n) is 9.03. The zero-order valence-electron chi connectivity index (χ0n) is 16.6. The Morgan fingerprint density at radius 1 is 0.862 bits per heavy atom. The summed E-state index contributed by atoms with van der Waals surface area (Å²) in [5.41, 5.74) is 2.86. The summed E-state index contributed by atoms with van der Waals surface area (Å²) in [6, 6.07) is 27.3. The van der Waals surface area contributed by atoms with Gasteiger partial charge in [-0.15, -0.1) is 0 Å². The van der Waals surface area contributed by atoms with Crippen LogP contribution in [0.4, 0.5) is 11.4 Å². The second kappa shape index (κ2) is 11.1. The molecule has 6 heteroatoms. The van der Waals surface area contributed by atoms with Crippen molar-refractivity contribution in [1.29, 1.82) is 0 Å². The standard InChI is InChI=1S/C21H20N3O.C2H4O2/c1-17-13-15-20(16-14-17)24(23-22-19-9-5-3-6-10-19)18(2)25-21-11-7-4-8-12-21;1-2(3)4/h3-16H,1-2H3;1H3,(H,3,4)/q+1;/p-1. The Hall–Kier alpha value is -3.80. The second-order valence-electron chi connectivity index (χ2n) is 6.10. The van der Waals surface area contributed by atoms with E-state index in [1.165, 1.54) is 5.56 Å². The average molecular weight is 389 g/mol. The first-order chi connectivity index (χ1) is 14.0. The number of carboxylic acid groups (broad SMARTS) is 1. The van der Waals surface area contributed by atoms with Crippen molar-refractivity contribution in [2.75, 3.05) is 0 Å². The van der Waals surface area contributed by atoms with Crippen LogP contribution in [0.5, 0.6) is 5.75 Å². The molecule has 0 fully saturated rings. The molecule has 148 valence electrons. The molecule has 0 aromatic heterocycles. The zero-order valence-corrected chi connectivity index (χ0v) is 16.6. The van der Waals surface area contributed by atoms with Gasteiger partial charge >= 0.3 is 0 Å². The maximum absolute atomic E-state index is 8.89. The number of nitrogens with zero attached hydrogens (tertiary/aromatic N) is 3. The van der Waals surface area contributed by atoms with E-state index in [-0.39, 0.29) is 0 Å². The van der Waals surface area contributed by atoms with E-state index in [9.17, 15) is 0 Å². The van der Waals surface area contributed by atoms with E-state index in [2.05, 4.69) is 17.3 Å². The van der Waals surface area contributed by atoms with Crippen molar-refractivity contribution >= 4 is 23.2 Å². The molecule has 0 saturated carbocycles. The van der Waals surface area contributed by atoms with Gasteiger partial charge in [0.25, 0.3) is 5.90 Å². The largest absolute Gasteiger partial charge is 0.550 e. The van der Waals surface area contributed by atoms with Crippen LogP contribution in [0.2, 0.25) is 0 Å². The predicted octanol–water partition coefficient (Wildman–Crippen LogP) is 4.59. The molecule has 0 N–H and O–H groups in total. The Morgan fingerprint density at radius 3 is 1.93 bits per heavy atom. The van der Waals surface area contributed by atoms with E-state index in [1.807, 2.05) is 91.9 Å². The van der Waals surface area contributed by atoms with Crippen LogP contribution >= 0.6 is 0 Å². The average Bonchev–Trinajstić information content (AvgIpc) is 2.70.